The zero-order valence-corrected chi connectivity index (χ0v) is 19.9. The largest absolute Gasteiger partial charge is 0.489 e. The van der Waals surface area contributed by atoms with Crippen molar-refractivity contribution >= 4 is 40.3 Å². The molecule has 0 amide bonds. The number of hydrogen-bond donors (Lipinski definition) is 1. The molecule has 0 bridgehead atoms. The summed E-state index contributed by atoms with van der Waals surface area (Å²) in [5.41, 5.74) is 11.7. The number of nitrogens with two attached hydrogens (primary N) is 1. The third-order valence-electron chi connectivity index (χ3n) is 4.96. The fourth-order valence-corrected chi connectivity index (χ4v) is 4.41. The van der Waals surface area contributed by atoms with Gasteiger partial charge >= 0.3 is 0 Å². The standard InChI is InChI=1S/C23H26ClN5O2S/c1-15(11-28(2)3)31-21-6-4-5-20-18(21)10-26-23(25)29(20)17-7-8-22(19(24)9-17)30-12-16-13-32-14-27-16/h4-9,13-15H,10-12H2,1-3H3,(H2,25,26)/t15-/m1/s1. The number of fused-ring (bicyclic) bond motifs is 1. The maximum absolute atomic E-state index is 6.53. The third kappa shape index (κ3) is 4.98. The van der Waals surface area contributed by atoms with Gasteiger partial charge in [-0.05, 0) is 51.4 Å². The van der Waals surface area contributed by atoms with Crippen LogP contribution in [-0.2, 0) is 13.2 Å². The lowest BCUT2D eigenvalue weighted by atomic mass is 10.1. The first kappa shape index (κ1) is 22.4. The van der Waals surface area contributed by atoms with E-state index < -0.39 is 0 Å². The molecule has 0 spiro atoms. The van der Waals surface area contributed by atoms with Crippen LogP contribution in [0.4, 0.5) is 11.4 Å². The van der Waals surface area contributed by atoms with Crippen LogP contribution in [0, 0.1) is 0 Å². The van der Waals surface area contributed by atoms with E-state index in [-0.39, 0.29) is 6.10 Å². The highest BCUT2D eigenvalue weighted by molar-refractivity contribution is 7.07. The minimum Gasteiger partial charge on any atom is -0.489 e. The molecule has 0 saturated carbocycles. The van der Waals surface area contributed by atoms with Gasteiger partial charge in [0.15, 0.2) is 0 Å². The number of aliphatic imine (C=N–C) groups is 1. The maximum Gasteiger partial charge on any atom is 0.200 e. The molecule has 1 aliphatic rings. The lowest BCUT2D eigenvalue weighted by molar-refractivity contribution is 0.175. The highest BCUT2D eigenvalue weighted by atomic mass is 35.5. The van der Waals surface area contributed by atoms with Crippen molar-refractivity contribution in [3.05, 3.63) is 63.6 Å². The molecule has 1 aromatic heterocycles. The average Bonchev–Trinajstić information content (AvgIpc) is 3.26. The smallest absolute Gasteiger partial charge is 0.200 e. The minimum atomic E-state index is 0.0387. The SMILES string of the molecule is C[C@H](CN(C)C)Oc1cccc2c1CN=C(N)N2c1ccc(OCc2cscn2)c(Cl)c1. The number of guanidine groups is 1. The summed E-state index contributed by atoms with van der Waals surface area (Å²) in [6, 6.07) is 11.5. The number of thiazole rings is 1. The van der Waals surface area contributed by atoms with Crippen molar-refractivity contribution in [2.24, 2.45) is 10.7 Å². The fourth-order valence-electron chi connectivity index (χ4n) is 3.63. The number of ether oxygens (including phenoxy) is 2. The Labute approximate surface area is 197 Å². The van der Waals surface area contributed by atoms with Crippen LogP contribution < -0.4 is 20.1 Å². The molecule has 0 radical (unpaired) electrons. The highest BCUT2D eigenvalue weighted by Crippen LogP contribution is 2.39. The van der Waals surface area contributed by atoms with Gasteiger partial charge in [0.1, 0.15) is 24.2 Å². The van der Waals surface area contributed by atoms with Gasteiger partial charge < -0.3 is 20.1 Å². The number of nitrogens with zero attached hydrogens (tertiary/aromatic N) is 4. The number of anilines is 2. The van der Waals surface area contributed by atoms with Gasteiger partial charge in [-0.3, -0.25) is 4.90 Å². The number of hydrogen-bond acceptors (Lipinski definition) is 8. The molecular formula is C23H26ClN5O2S. The van der Waals surface area contributed by atoms with Crippen molar-refractivity contribution in [3.8, 4) is 11.5 Å². The summed E-state index contributed by atoms with van der Waals surface area (Å²) in [7, 11) is 4.06. The Morgan fingerprint density at radius 1 is 1.25 bits per heavy atom. The molecule has 1 aliphatic heterocycles. The molecule has 3 aromatic rings. The van der Waals surface area contributed by atoms with E-state index in [4.69, 9.17) is 26.8 Å². The molecule has 2 aromatic carbocycles. The van der Waals surface area contributed by atoms with Crippen molar-refractivity contribution in [2.75, 3.05) is 25.5 Å². The summed E-state index contributed by atoms with van der Waals surface area (Å²) >= 11 is 8.06. The summed E-state index contributed by atoms with van der Waals surface area (Å²) < 4.78 is 12.0. The minimum absolute atomic E-state index is 0.0387. The van der Waals surface area contributed by atoms with Crippen molar-refractivity contribution < 1.29 is 9.47 Å². The van der Waals surface area contributed by atoms with Crippen molar-refractivity contribution in [1.82, 2.24) is 9.88 Å². The first-order valence-electron chi connectivity index (χ1n) is 10.2. The molecule has 0 unspecified atom stereocenters. The molecule has 0 saturated heterocycles. The molecule has 168 valence electrons. The van der Waals surface area contributed by atoms with Crippen LogP contribution in [0.25, 0.3) is 0 Å². The quantitative estimate of drug-likeness (QED) is 0.514. The monoisotopic (exact) mass is 471 g/mol. The Bertz CT molecular complexity index is 1100. The summed E-state index contributed by atoms with van der Waals surface area (Å²) in [6.07, 6.45) is 0.0387. The lowest BCUT2D eigenvalue weighted by Gasteiger charge is -2.31. The van der Waals surface area contributed by atoms with Crippen LogP contribution in [0.2, 0.25) is 5.02 Å². The molecule has 2 N–H and O–H groups in total. The molecule has 0 aliphatic carbocycles. The van der Waals surface area contributed by atoms with Crippen molar-refractivity contribution in [3.63, 3.8) is 0 Å². The second kappa shape index (κ2) is 9.77. The van der Waals surface area contributed by atoms with E-state index in [1.807, 2.05) is 60.8 Å². The summed E-state index contributed by atoms with van der Waals surface area (Å²) in [5, 5.41) is 2.44. The first-order valence-corrected chi connectivity index (χ1v) is 11.6. The third-order valence-corrected chi connectivity index (χ3v) is 5.89. The Kier molecular flexibility index (Phi) is 6.83. The maximum atomic E-state index is 6.53. The van der Waals surface area contributed by atoms with Crippen LogP contribution in [-0.4, -0.2) is 42.6 Å². The predicted octanol–water partition coefficient (Wildman–Crippen LogP) is 4.67. The van der Waals surface area contributed by atoms with Crippen LogP contribution >= 0.6 is 22.9 Å². The topological polar surface area (TPSA) is 76.2 Å². The van der Waals surface area contributed by atoms with Gasteiger partial charge in [-0.15, -0.1) is 11.3 Å². The zero-order valence-electron chi connectivity index (χ0n) is 18.3. The van der Waals surface area contributed by atoms with E-state index in [0.717, 1.165) is 34.9 Å². The number of likely N-dealkylation sites (N-methyl/N-ethyl adjacent to an activating group) is 1. The molecular weight excluding hydrogens is 446 g/mol. The molecule has 7 nitrogen and oxygen atoms in total. The van der Waals surface area contributed by atoms with Gasteiger partial charge in [-0.1, -0.05) is 17.7 Å². The zero-order chi connectivity index (χ0) is 22.7. The predicted molar refractivity (Wildman–Crippen MR) is 130 cm³/mol. The van der Waals surface area contributed by atoms with Gasteiger partial charge in [-0.25, -0.2) is 9.98 Å². The molecule has 1 atom stereocenters. The molecule has 9 heteroatoms. The fraction of sp³-hybridized carbons (Fsp3) is 0.304. The van der Waals surface area contributed by atoms with E-state index in [9.17, 15) is 0 Å². The summed E-state index contributed by atoms with van der Waals surface area (Å²) in [5.74, 6) is 1.81. The number of rotatable bonds is 8. The van der Waals surface area contributed by atoms with Crippen LogP contribution in [0.15, 0.2) is 52.3 Å². The number of aromatic nitrogens is 1. The van der Waals surface area contributed by atoms with Gasteiger partial charge in [0.05, 0.1) is 34.1 Å². The Balaban J connectivity index is 1.59. The Morgan fingerprint density at radius 2 is 2.09 bits per heavy atom. The van der Waals surface area contributed by atoms with Crippen LogP contribution in [0.3, 0.4) is 0 Å². The second-order valence-electron chi connectivity index (χ2n) is 7.84. The Hall–Kier alpha value is -2.81. The number of benzene rings is 2. The lowest BCUT2D eigenvalue weighted by Crippen LogP contribution is -2.36. The summed E-state index contributed by atoms with van der Waals surface area (Å²) in [6.45, 7) is 3.70. The summed E-state index contributed by atoms with van der Waals surface area (Å²) in [4.78, 5) is 12.7. The van der Waals surface area contributed by atoms with E-state index in [0.29, 0.717) is 29.9 Å². The Morgan fingerprint density at radius 3 is 2.81 bits per heavy atom. The normalized spacial score (nSPS) is 14.2. The van der Waals surface area contributed by atoms with E-state index in [2.05, 4.69) is 21.8 Å². The second-order valence-corrected chi connectivity index (χ2v) is 8.96. The van der Waals surface area contributed by atoms with Crippen molar-refractivity contribution in [2.45, 2.75) is 26.2 Å². The molecule has 4 rings (SSSR count). The molecule has 0 fully saturated rings. The highest BCUT2D eigenvalue weighted by Gasteiger charge is 2.25. The van der Waals surface area contributed by atoms with Gasteiger partial charge in [0, 0.05) is 17.5 Å². The number of halogens is 1. The van der Waals surface area contributed by atoms with Gasteiger partial charge in [0.25, 0.3) is 0 Å². The van der Waals surface area contributed by atoms with E-state index in [1.54, 1.807) is 5.51 Å². The molecule has 2 heterocycles. The van der Waals surface area contributed by atoms with Gasteiger partial charge in [-0.2, -0.15) is 0 Å². The van der Waals surface area contributed by atoms with E-state index >= 15 is 0 Å². The van der Waals surface area contributed by atoms with Crippen LogP contribution in [0.5, 0.6) is 11.5 Å². The van der Waals surface area contributed by atoms with Gasteiger partial charge in [0.2, 0.25) is 5.96 Å². The first-order chi connectivity index (χ1) is 15.4. The van der Waals surface area contributed by atoms with Crippen molar-refractivity contribution in [1.29, 1.82) is 0 Å². The molecule has 32 heavy (non-hydrogen) atoms. The van der Waals surface area contributed by atoms with E-state index in [1.165, 1.54) is 11.3 Å². The van der Waals surface area contributed by atoms with Crippen LogP contribution in [0.1, 0.15) is 18.2 Å². The average molecular weight is 472 g/mol.